The molecular formula is C10H10N4OS. The van der Waals surface area contributed by atoms with Gasteiger partial charge in [0.1, 0.15) is 5.00 Å². The lowest BCUT2D eigenvalue weighted by atomic mass is 10.2. The van der Waals surface area contributed by atoms with E-state index in [4.69, 9.17) is 0 Å². The normalized spacial score (nSPS) is 9.81. The highest BCUT2D eigenvalue weighted by atomic mass is 32.1. The predicted molar refractivity (Wildman–Crippen MR) is 63.9 cm³/mol. The number of rotatable bonds is 3. The van der Waals surface area contributed by atoms with Gasteiger partial charge in [-0.3, -0.25) is 15.1 Å². The first-order chi connectivity index (χ1) is 7.79. The van der Waals surface area contributed by atoms with Crippen molar-refractivity contribution in [3.05, 3.63) is 36.3 Å². The van der Waals surface area contributed by atoms with Gasteiger partial charge in [0.2, 0.25) is 0 Å². The Kier molecular flexibility index (Phi) is 3.11. The fraction of sp³-hybridized carbons (Fsp3) is 0.100. The summed E-state index contributed by atoms with van der Waals surface area (Å²) < 4.78 is 0. The largest absolute Gasteiger partial charge is 0.379 e. The molecule has 0 saturated carbocycles. The first-order valence-electron chi connectivity index (χ1n) is 4.64. The Morgan fingerprint density at radius 2 is 2.12 bits per heavy atom. The van der Waals surface area contributed by atoms with E-state index in [9.17, 15) is 4.79 Å². The molecule has 0 unspecified atom stereocenters. The molecule has 2 heterocycles. The Bertz CT molecular complexity index is 483. The predicted octanol–water partition coefficient (Wildman–Crippen LogP) is 1.83. The van der Waals surface area contributed by atoms with Crippen molar-refractivity contribution in [2.24, 2.45) is 0 Å². The van der Waals surface area contributed by atoms with Crippen LogP contribution in [0, 0.1) is 0 Å². The van der Waals surface area contributed by atoms with Crippen molar-refractivity contribution in [2.45, 2.75) is 0 Å². The van der Waals surface area contributed by atoms with Crippen LogP contribution in [-0.4, -0.2) is 22.9 Å². The van der Waals surface area contributed by atoms with Crippen LogP contribution in [0.5, 0.6) is 0 Å². The highest BCUT2D eigenvalue weighted by Gasteiger charge is 2.07. The van der Waals surface area contributed by atoms with Gasteiger partial charge < -0.3 is 5.32 Å². The number of pyridine rings is 1. The van der Waals surface area contributed by atoms with Crippen molar-refractivity contribution in [3.63, 3.8) is 0 Å². The number of hydrogen-bond acceptors (Lipinski definition) is 5. The first-order valence-corrected chi connectivity index (χ1v) is 5.46. The van der Waals surface area contributed by atoms with Gasteiger partial charge in [0.05, 0.1) is 6.20 Å². The molecular weight excluding hydrogens is 224 g/mol. The Morgan fingerprint density at radius 3 is 2.75 bits per heavy atom. The van der Waals surface area contributed by atoms with Gasteiger partial charge >= 0.3 is 0 Å². The van der Waals surface area contributed by atoms with E-state index in [1.165, 1.54) is 11.3 Å². The molecule has 0 fully saturated rings. The lowest BCUT2D eigenvalue weighted by molar-refractivity contribution is 0.102. The molecule has 16 heavy (non-hydrogen) atoms. The highest BCUT2D eigenvalue weighted by Crippen LogP contribution is 2.22. The number of carbonyl (C=O) groups excluding carboxylic acids is 1. The number of hydrogen-bond donors (Lipinski definition) is 2. The Morgan fingerprint density at radius 1 is 1.38 bits per heavy atom. The zero-order chi connectivity index (χ0) is 11.4. The standard InChI is InChI=1S/C10H10N4OS/c1-11-8-6-13-10(16-8)14-9(15)7-2-4-12-5-3-7/h2-6,11H,1H3,(H,13,14,15). The molecule has 82 valence electrons. The number of thiazole rings is 1. The van der Waals surface area contributed by atoms with Crippen LogP contribution in [-0.2, 0) is 0 Å². The molecule has 0 aliphatic carbocycles. The Balaban J connectivity index is 2.08. The summed E-state index contributed by atoms with van der Waals surface area (Å²) >= 11 is 1.39. The van der Waals surface area contributed by atoms with Gasteiger partial charge in [0, 0.05) is 25.0 Å². The second-order valence-corrected chi connectivity index (χ2v) is 4.00. The van der Waals surface area contributed by atoms with Crippen LogP contribution in [0.25, 0.3) is 0 Å². The van der Waals surface area contributed by atoms with Gasteiger partial charge in [-0.2, -0.15) is 0 Å². The van der Waals surface area contributed by atoms with E-state index in [0.717, 1.165) is 5.00 Å². The summed E-state index contributed by atoms with van der Waals surface area (Å²) in [6, 6.07) is 3.31. The number of aromatic nitrogens is 2. The van der Waals surface area contributed by atoms with Crippen LogP contribution in [0.1, 0.15) is 10.4 Å². The van der Waals surface area contributed by atoms with Crippen LogP contribution in [0.2, 0.25) is 0 Å². The van der Waals surface area contributed by atoms with Crippen molar-refractivity contribution in [2.75, 3.05) is 17.7 Å². The zero-order valence-corrected chi connectivity index (χ0v) is 9.41. The molecule has 0 saturated heterocycles. The fourth-order valence-electron chi connectivity index (χ4n) is 1.12. The third-order valence-corrected chi connectivity index (χ3v) is 2.85. The van der Waals surface area contributed by atoms with Gasteiger partial charge in [0.25, 0.3) is 5.91 Å². The summed E-state index contributed by atoms with van der Waals surface area (Å²) in [6.07, 6.45) is 4.83. The van der Waals surface area contributed by atoms with Gasteiger partial charge in [-0.05, 0) is 12.1 Å². The lowest BCUT2D eigenvalue weighted by Crippen LogP contribution is -2.11. The third-order valence-electron chi connectivity index (χ3n) is 1.92. The summed E-state index contributed by atoms with van der Waals surface area (Å²) in [5.74, 6) is -0.181. The molecule has 0 bridgehead atoms. The van der Waals surface area contributed by atoms with Gasteiger partial charge in [0.15, 0.2) is 5.13 Å². The average molecular weight is 234 g/mol. The van der Waals surface area contributed by atoms with Crippen LogP contribution in [0.4, 0.5) is 10.1 Å². The highest BCUT2D eigenvalue weighted by molar-refractivity contribution is 7.19. The molecule has 0 aromatic carbocycles. The van der Waals surface area contributed by atoms with Crippen molar-refractivity contribution < 1.29 is 4.79 Å². The summed E-state index contributed by atoms with van der Waals surface area (Å²) in [6.45, 7) is 0. The van der Waals surface area contributed by atoms with E-state index in [-0.39, 0.29) is 5.91 Å². The van der Waals surface area contributed by atoms with Gasteiger partial charge in [-0.25, -0.2) is 4.98 Å². The van der Waals surface area contributed by atoms with E-state index in [1.807, 2.05) is 7.05 Å². The quantitative estimate of drug-likeness (QED) is 0.850. The van der Waals surface area contributed by atoms with E-state index in [0.29, 0.717) is 10.7 Å². The zero-order valence-electron chi connectivity index (χ0n) is 8.60. The smallest absolute Gasteiger partial charge is 0.257 e. The molecule has 1 amide bonds. The maximum Gasteiger partial charge on any atom is 0.257 e. The number of nitrogens with one attached hydrogen (secondary N) is 2. The molecule has 2 rings (SSSR count). The molecule has 0 aliphatic rings. The van der Waals surface area contributed by atoms with Crippen molar-refractivity contribution >= 4 is 27.4 Å². The minimum atomic E-state index is -0.181. The van der Waals surface area contributed by atoms with E-state index < -0.39 is 0 Å². The minimum absolute atomic E-state index is 0.181. The minimum Gasteiger partial charge on any atom is -0.379 e. The van der Waals surface area contributed by atoms with Crippen LogP contribution >= 0.6 is 11.3 Å². The Hall–Kier alpha value is -1.95. The number of carbonyl (C=O) groups is 1. The number of amides is 1. The fourth-order valence-corrected chi connectivity index (χ4v) is 1.78. The summed E-state index contributed by atoms with van der Waals surface area (Å²) in [5, 5.41) is 7.15. The van der Waals surface area contributed by atoms with E-state index in [2.05, 4.69) is 20.6 Å². The SMILES string of the molecule is CNc1cnc(NC(=O)c2ccncc2)s1. The van der Waals surface area contributed by atoms with Crippen LogP contribution in [0.15, 0.2) is 30.7 Å². The molecule has 5 nitrogen and oxygen atoms in total. The number of nitrogens with zero attached hydrogens (tertiary/aromatic N) is 2. The van der Waals surface area contributed by atoms with E-state index in [1.54, 1.807) is 30.7 Å². The van der Waals surface area contributed by atoms with Gasteiger partial charge in [-0.1, -0.05) is 11.3 Å². The second-order valence-electron chi connectivity index (χ2n) is 2.97. The van der Waals surface area contributed by atoms with Crippen LogP contribution in [0.3, 0.4) is 0 Å². The van der Waals surface area contributed by atoms with Crippen LogP contribution < -0.4 is 10.6 Å². The molecule has 0 spiro atoms. The van der Waals surface area contributed by atoms with E-state index >= 15 is 0 Å². The maximum atomic E-state index is 11.7. The third kappa shape index (κ3) is 2.34. The molecule has 0 aliphatic heterocycles. The Labute approximate surface area is 96.6 Å². The molecule has 0 atom stereocenters. The number of anilines is 2. The van der Waals surface area contributed by atoms with Crippen molar-refractivity contribution in [1.29, 1.82) is 0 Å². The second kappa shape index (κ2) is 4.71. The topological polar surface area (TPSA) is 66.9 Å². The molecule has 0 radical (unpaired) electrons. The first kappa shape index (κ1) is 10.6. The van der Waals surface area contributed by atoms with Crippen molar-refractivity contribution in [1.82, 2.24) is 9.97 Å². The summed E-state index contributed by atoms with van der Waals surface area (Å²) in [4.78, 5) is 19.6. The molecule has 2 aromatic heterocycles. The monoisotopic (exact) mass is 234 g/mol. The average Bonchev–Trinajstić information content (AvgIpc) is 2.78. The summed E-state index contributed by atoms with van der Waals surface area (Å²) in [7, 11) is 1.81. The maximum absolute atomic E-state index is 11.7. The van der Waals surface area contributed by atoms with Crippen molar-refractivity contribution in [3.8, 4) is 0 Å². The molecule has 2 N–H and O–H groups in total. The molecule has 2 aromatic rings. The lowest BCUT2D eigenvalue weighted by Gasteiger charge is -2.00. The molecule has 6 heteroatoms. The summed E-state index contributed by atoms with van der Waals surface area (Å²) in [5.41, 5.74) is 0.566. The van der Waals surface area contributed by atoms with Gasteiger partial charge in [-0.15, -0.1) is 0 Å².